The van der Waals surface area contributed by atoms with Gasteiger partial charge < -0.3 is 5.32 Å². The van der Waals surface area contributed by atoms with Gasteiger partial charge in [-0.1, -0.05) is 59.6 Å². The Labute approximate surface area is 160 Å². The molecule has 0 radical (unpaired) electrons. The molecule has 1 heterocycles. The molecule has 0 unspecified atom stereocenters. The Morgan fingerprint density at radius 1 is 1.16 bits per heavy atom. The average Bonchev–Trinajstić information content (AvgIpc) is 2.90. The summed E-state index contributed by atoms with van der Waals surface area (Å²) in [5, 5.41) is 4.22. The fourth-order valence-electron chi connectivity index (χ4n) is 2.22. The standard InChI is InChI=1S/C19H14Cl2N2OS/c1-12(9-13-5-3-2-4-6-13)10-17-18(24)23-19(25-17)22-16-8-7-14(20)11-15(16)21/h2-11H,1H3,(H,22,23,24)/b12-9+,17-10+. The molecule has 6 heteroatoms. The molecule has 0 spiro atoms. The average molecular weight is 389 g/mol. The van der Waals surface area contributed by atoms with E-state index in [9.17, 15) is 4.79 Å². The van der Waals surface area contributed by atoms with Gasteiger partial charge in [0.25, 0.3) is 5.91 Å². The second-order valence-corrected chi connectivity index (χ2v) is 7.25. The monoisotopic (exact) mass is 388 g/mol. The second-order valence-electron chi connectivity index (χ2n) is 5.38. The van der Waals surface area contributed by atoms with Crippen LogP contribution in [-0.2, 0) is 4.79 Å². The lowest BCUT2D eigenvalue weighted by Gasteiger charge is -2.00. The lowest BCUT2D eigenvalue weighted by molar-refractivity contribution is -0.115. The SMILES string of the molecule is CC(=C\c1ccccc1)/C=C1/SC(=Nc2ccc(Cl)cc2Cl)NC1=O. The third-order valence-corrected chi connectivity index (χ3v) is 4.78. The van der Waals surface area contributed by atoms with E-state index in [1.165, 1.54) is 11.8 Å². The van der Waals surface area contributed by atoms with Crippen LogP contribution in [0.4, 0.5) is 5.69 Å². The summed E-state index contributed by atoms with van der Waals surface area (Å²) in [6.45, 7) is 1.96. The smallest absolute Gasteiger partial charge is 0.264 e. The molecule has 0 aliphatic carbocycles. The Bertz CT molecular complexity index is 905. The summed E-state index contributed by atoms with van der Waals surface area (Å²) in [6, 6.07) is 15.0. The number of nitrogens with zero attached hydrogens (tertiary/aromatic N) is 1. The first kappa shape index (κ1) is 17.8. The largest absolute Gasteiger partial charge is 0.300 e. The molecule has 126 valence electrons. The summed E-state index contributed by atoms with van der Waals surface area (Å²) >= 11 is 13.3. The summed E-state index contributed by atoms with van der Waals surface area (Å²) in [7, 11) is 0. The predicted molar refractivity (Wildman–Crippen MR) is 107 cm³/mol. The number of amidine groups is 1. The van der Waals surface area contributed by atoms with Crippen molar-refractivity contribution in [2.75, 3.05) is 0 Å². The van der Waals surface area contributed by atoms with E-state index in [4.69, 9.17) is 23.2 Å². The van der Waals surface area contributed by atoms with Crippen molar-refractivity contribution in [2.24, 2.45) is 4.99 Å². The van der Waals surface area contributed by atoms with Gasteiger partial charge >= 0.3 is 0 Å². The van der Waals surface area contributed by atoms with Gasteiger partial charge in [0.2, 0.25) is 0 Å². The zero-order valence-electron chi connectivity index (χ0n) is 13.3. The Morgan fingerprint density at radius 2 is 1.92 bits per heavy atom. The molecule has 1 saturated heterocycles. The summed E-state index contributed by atoms with van der Waals surface area (Å²) in [4.78, 5) is 17.1. The first-order valence-corrected chi connectivity index (χ1v) is 9.06. The van der Waals surface area contributed by atoms with Crippen LogP contribution in [0.5, 0.6) is 0 Å². The van der Waals surface area contributed by atoms with E-state index in [2.05, 4.69) is 10.3 Å². The number of amides is 1. The molecule has 25 heavy (non-hydrogen) atoms. The van der Waals surface area contributed by atoms with Gasteiger partial charge in [-0.3, -0.25) is 4.79 Å². The van der Waals surface area contributed by atoms with E-state index >= 15 is 0 Å². The van der Waals surface area contributed by atoms with Crippen LogP contribution in [0.1, 0.15) is 12.5 Å². The molecule has 0 atom stereocenters. The molecule has 3 nitrogen and oxygen atoms in total. The Kier molecular flexibility index (Phi) is 5.63. The van der Waals surface area contributed by atoms with Crippen LogP contribution in [0, 0.1) is 0 Å². The van der Waals surface area contributed by atoms with Crippen molar-refractivity contribution < 1.29 is 4.79 Å². The number of hydrogen-bond acceptors (Lipinski definition) is 3. The number of halogens is 2. The molecular weight excluding hydrogens is 375 g/mol. The van der Waals surface area contributed by atoms with Crippen LogP contribution in [-0.4, -0.2) is 11.1 Å². The topological polar surface area (TPSA) is 41.5 Å². The number of allylic oxidation sites excluding steroid dienone is 2. The first-order chi connectivity index (χ1) is 12.0. The Hall–Kier alpha value is -2.01. The van der Waals surface area contributed by atoms with Gasteiger partial charge in [0.05, 0.1) is 15.6 Å². The highest BCUT2D eigenvalue weighted by Crippen LogP contribution is 2.32. The number of benzene rings is 2. The van der Waals surface area contributed by atoms with Crippen molar-refractivity contribution >= 4 is 57.8 Å². The van der Waals surface area contributed by atoms with Crippen LogP contribution < -0.4 is 5.32 Å². The molecule has 1 fully saturated rings. The number of carbonyl (C=O) groups is 1. The first-order valence-electron chi connectivity index (χ1n) is 7.49. The number of rotatable bonds is 3. The zero-order valence-corrected chi connectivity index (χ0v) is 15.6. The lowest BCUT2D eigenvalue weighted by Crippen LogP contribution is -2.19. The summed E-state index contributed by atoms with van der Waals surface area (Å²) in [6.07, 6.45) is 3.87. The van der Waals surface area contributed by atoms with Crippen molar-refractivity contribution in [3.8, 4) is 0 Å². The third kappa shape index (κ3) is 4.75. The number of aliphatic imine (C=N–C) groups is 1. The van der Waals surface area contributed by atoms with Gasteiger partial charge in [-0.15, -0.1) is 0 Å². The zero-order chi connectivity index (χ0) is 17.8. The summed E-state index contributed by atoms with van der Waals surface area (Å²) in [5.41, 5.74) is 2.63. The van der Waals surface area contributed by atoms with Crippen molar-refractivity contribution in [2.45, 2.75) is 6.92 Å². The van der Waals surface area contributed by atoms with E-state index in [0.29, 0.717) is 25.8 Å². The molecule has 0 saturated carbocycles. The number of nitrogens with one attached hydrogen (secondary N) is 1. The maximum absolute atomic E-state index is 12.1. The fraction of sp³-hybridized carbons (Fsp3) is 0.0526. The van der Waals surface area contributed by atoms with E-state index in [1.807, 2.05) is 49.4 Å². The molecule has 3 rings (SSSR count). The maximum atomic E-state index is 12.1. The van der Waals surface area contributed by atoms with E-state index in [-0.39, 0.29) is 5.91 Å². The highest BCUT2D eigenvalue weighted by molar-refractivity contribution is 8.18. The normalized spacial score (nSPS) is 18.0. The molecule has 1 aliphatic heterocycles. The Balaban J connectivity index is 1.80. The molecular formula is C19H14Cl2N2OS. The molecule has 2 aromatic carbocycles. The predicted octanol–water partition coefficient (Wildman–Crippen LogP) is 5.83. The molecule has 2 aromatic rings. The molecule has 1 aliphatic rings. The van der Waals surface area contributed by atoms with Crippen molar-refractivity contribution in [3.63, 3.8) is 0 Å². The van der Waals surface area contributed by atoms with Crippen LogP contribution in [0.25, 0.3) is 6.08 Å². The summed E-state index contributed by atoms with van der Waals surface area (Å²) in [5.74, 6) is -0.172. The third-order valence-electron chi connectivity index (χ3n) is 3.34. The summed E-state index contributed by atoms with van der Waals surface area (Å²) < 4.78 is 0. The van der Waals surface area contributed by atoms with Gasteiger partial charge in [0, 0.05) is 5.02 Å². The number of carbonyl (C=O) groups excluding carboxylic acids is 1. The second kappa shape index (κ2) is 7.91. The van der Waals surface area contributed by atoms with E-state index in [1.54, 1.807) is 18.2 Å². The van der Waals surface area contributed by atoms with Gasteiger partial charge in [-0.05, 0) is 54.1 Å². The molecule has 1 N–H and O–H groups in total. The van der Waals surface area contributed by atoms with Gasteiger partial charge in [0.1, 0.15) is 0 Å². The van der Waals surface area contributed by atoms with Crippen molar-refractivity contribution in [3.05, 3.63) is 80.7 Å². The minimum atomic E-state index is -0.172. The Morgan fingerprint density at radius 3 is 2.64 bits per heavy atom. The lowest BCUT2D eigenvalue weighted by atomic mass is 10.1. The fourth-order valence-corrected chi connectivity index (χ4v) is 3.56. The quantitative estimate of drug-likeness (QED) is 0.671. The van der Waals surface area contributed by atoms with Crippen molar-refractivity contribution in [1.29, 1.82) is 0 Å². The van der Waals surface area contributed by atoms with E-state index in [0.717, 1.165) is 11.1 Å². The van der Waals surface area contributed by atoms with Crippen LogP contribution in [0.3, 0.4) is 0 Å². The molecule has 1 amide bonds. The number of hydrogen-bond donors (Lipinski definition) is 1. The number of thioether (sulfide) groups is 1. The van der Waals surface area contributed by atoms with Crippen LogP contribution in [0.2, 0.25) is 10.0 Å². The molecule has 0 aromatic heterocycles. The van der Waals surface area contributed by atoms with Gasteiger partial charge in [-0.2, -0.15) is 0 Å². The minimum absolute atomic E-state index is 0.172. The maximum Gasteiger partial charge on any atom is 0.264 e. The van der Waals surface area contributed by atoms with Crippen LogP contribution >= 0.6 is 35.0 Å². The van der Waals surface area contributed by atoms with Crippen molar-refractivity contribution in [1.82, 2.24) is 5.32 Å². The minimum Gasteiger partial charge on any atom is -0.300 e. The van der Waals surface area contributed by atoms with Gasteiger partial charge in [-0.25, -0.2) is 4.99 Å². The highest BCUT2D eigenvalue weighted by Gasteiger charge is 2.24. The molecule has 0 bridgehead atoms. The van der Waals surface area contributed by atoms with E-state index < -0.39 is 0 Å². The van der Waals surface area contributed by atoms with Crippen LogP contribution in [0.15, 0.2) is 70.1 Å². The van der Waals surface area contributed by atoms with Gasteiger partial charge in [0.15, 0.2) is 5.17 Å². The highest BCUT2D eigenvalue weighted by atomic mass is 35.5.